The van der Waals surface area contributed by atoms with Gasteiger partial charge < -0.3 is 9.79 Å². The first-order valence-electron chi connectivity index (χ1n) is 6.14. The second-order valence-corrected chi connectivity index (χ2v) is 6.67. The van der Waals surface area contributed by atoms with Gasteiger partial charge in [-0.2, -0.15) is 0 Å². The van der Waals surface area contributed by atoms with E-state index in [1.165, 1.54) is 5.56 Å². The molecular weight excluding hydrogens is 235 g/mol. The van der Waals surface area contributed by atoms with Crippen LogP contribution in [-0.2, 0) is 4.57 Å². The molecular formula is C13H19O3P. The highest BCUT2D eigenvalue weighted by Crippen LogP contribution is 2.43. The van der Waals surface area contributed by atoms with E-state index in [0.717, 1.165) is 25.7 Å². The van der Waals surface area contributed by atoms with Gasteiger partial charge in [-0.05, 0) is 43.1 Å². The van der Waals surface area contributed by atoms with Crippen molar-refractivity contribution in [3.8, 4) is 0 Å². The third kappa shape index (κ3) is 3.95. The predicted octanol–water partition coefficient (Wildman–Crippen LogP) is 3.14. The minimum atomic E-state index is -3.83. The Bertz CT molecular complexity index is 390. The number of rotatable bonds is 3. The molecule has 0 saturated heterocycles. The number of benzene rings is 1. The van der Waals surface area contributed by atoms with Gasteiger partial charge in [0.1, 0.15) is 0 Å². The van der Waals surface area contributed by atoms with Crippen molar-refractivity contribution < 1.29 is 14.4 Å². The van der Waals surface area contributed by atoms with Gasteiger partial charge >= 0.3 is 7.60 Å². The summed E-state index contributed by atoms with van der Waals surface area (Å²) in [5.41, 5.74) is 1.36. The Morgan fingerprint density at radius 1 is 1.06 bits per heavy atom. The average molecular weight is 254 g/mol. The monoisotopic (exact) mass is 254 g/mol. The summed E-state index contributed by atoms with van der Waals surface area (Å²) in [6.07, 6.45) is 4.03. The van der Waals surface area contributed by atoms with Crippen LogP contribution in [0.15, 0.2) is 30.3 Å². The summed E-state index contributed by atoms with van der Waals surface area (Å²) in [5.74, 6) is 0.778. The molecule has 17 heavy (non-hydrogen) atoms. The molecule has 0 aliphatic heterocycles. The summed E-state index contributed by atoms with van der Waals surface area (Å²) in [4.78, 5) is 17.9. The Hall–Kier alpha value is -0.630. The molecule has 1 aliphatic carbocycles. The maximum absolute atomic E-state index is 10.9. The van der Waals surface area contributed by atoms with Crippen molar-refractivity contribution in [1.82, 2.24) is 0 Å². The largest absolute Gasteiger partial charge is 0.325 e. The van der Waals surface area contributed by atoms with Crippen molar-refractivity contribution >= 4 is 7.60 Å². The van der Waals surface area contributed by atoms with E-state index in [1.54, 1.807) is 0 Å². The fraction of sp³-hybridized carbons (Fsp3) is 0.538. The molecule has 2 rings (SSSR count). The summed E-state index contributed by atoms with van der Waals surface area (Å²) >= 11 is 0. The van der Waals surface area contributed by atoms with Crippen LogP contribution < -0.4 is 0 Å². The van der Waals surface area contributed by atoms with Crippen LogP contribution in [0.3, 0.4) is 0 Å². The van der Waals surface area contributed by atoms with E-state index >= 15 is 0 Å². The highest BCUT2D eigenvalue weighted by atomic mass is 31.2. The molecule has 94 valence electrons. The Morgan fingerprint density at radius 2 is 1.65 bits per heavy atom. The van der Waals surface area contributed by atoms with Crippen LogP contribution in [0.25, 0.3) is 0 Å². The lowest BCUT2D eigenvalue weighted by atomic mass is 9.79. The van der Waals surface area contributed by atoms with Gasteiger partial charge in [-0.3, -0.25) is 4.57 Å². The van der Waals surface area contributed by atoms with E-state index in [4.69, 9.17) is 9.79 Å². The minimum Gasteiger partial charge on any atom is -0.324 e. The molecule has 1 fully saturated rings. The molecule has 1 saturated carbocycles. The van der Waals surface area contributed by atoms with Crippen LogP contribution in [0.2, 0.25) is 0 Å². The van der Waals surface area contributed by atoms with Crippen molar-refractivity contribution in [3.05, 3.63) is 35.9 Å². The van der Waals surface area contributed by atoms with Gasteiger partial charge in [0.25, 0.3) is 0 Å². The van der Waals surface area contributed by atoms with Crippen molar-refractivity contribution in [3.63, 3.8) is 0 Å². The van der Waals surface area contributed by atoms with Gasteiger partial charge in [-0.25, -0.2) is 0 Å². The van der Waals surface area contributed by atoms with Crippen LogP contribution in [0.5, 0.6) is 0 Å². The third-order valence-corrected chi connectivity index (χ3v) is 4.61. The number of hydrogen-bond acceptors (Lipinski definition) is 1. The highest BCUT2D eigenvalue weighted by Gasteiger charge is 2.27. The molecule has 0 amide bonds. The van der Waals surface area contributed by atoms with E-state index in [2.05, 4.69) is 24.3 Å². The molecule has 0 unspecified atom stereocenters. The summed E-state index contributed by atoms with van der Waals surface area (Å²) < 4.78 is 10.9. The Balaban J connectivity index is 1.89. The van der Waals surface area contributed by atoms with Gasteiger partial charge in [-0.1, -0.05) is 30.3 Å². The maximum Gasteiger partial charge on any atom is 0.325 e. The minimum absolute atomic E-state index is 0.0640. The topological polar surface area (TPSA) is 57.5 Å². The maximum atomic E-state index is 10.9. The smallest absolute Gasteiger partial charge is 0.324 e. The normalized spacial score (nSPS) is 25.8. The summed E-state index contributed by atoms with van der Waals surface area (Å²) in [5, 5.41) is 0. The summed E-state index contributed by atoms with van der Waals surface area (Å²) in [6.45, 7) is 0. The van der Waals surface area contributed by atoms with Crippen LogP contribution in [0.1, 0.15) is 37.2 Å². The molecule has 0 radical (unpaired) electrons. The fourth-order valence-corrected chi connectivity index (χ4v) is 3.78. The SMILES string of the molecule is O=P(O)(O)CC1CCC(c2ccccc2)CC1. The molecule has 2 N–H and O–H groups in total. The quantitative estimate of drug-likeness (QED) is 0.815. The molecule has 0 spiro atoms. The molecule has 4 heteroatoms. The Labute approximate surface area is 102 Å². The first-order valence-corrected chi connectivity index (χ1v) is 7.94. The third-order valence-electron chi connectivity index (χ3n) is 3.61. The zero-order valence-corrected chi connectivity index (χ0v) is 10.7. The van der Waals surface area contributed by atoms with Gasteiger partial charge in [0, 0.05) is 0 Å². The lowest BCUT2D eigenvalue weighted by molar-refractivity contribution is 0.316. The lowest BCUT2D eigenvalue weighted by Gasteiger charge is -2.28. The molecule has 1 aromatic rings. The van der Waals surface area contributed by atoms with Crippen molar-refractivity contribution in [1.29, 1.82) is 0 Å². The second kappa shape index (κ2) is 5.34. The van der Waals surface area contributed by atoms with Gasteiger partial charge in [0.2, 0.25) is 0 Å². The zero-order chi connectivity index (χ0) is 12.3. The first-order chi connectivity index (χ1) is 8.04. The van der Waals surface area contributed by atoms with Crippen LogP contribution >= 0.6 is 7.60 Å². The Morgan fingerprint density at radius 3 is 2.18 bits per heavy atom. The van der Waals surface area contributed by atoms with E-state index in [1.807, 2.05) is 6.07 Å². The van der Waals surface area contributed by atoms with Crippen molar-refractivity contribution in [2.45, 2.75) is 31.6 Å². The van der Waals surface area contributed by atoms with Crippen LogP contribution in [0.4, 0.5) is 0 Å². The molecule has 0 heterocycles. The second-order valence-electron chi connectivity index (χ2n) is 4.98. The van der Waals surface area contributed by atoms with Gasteiger partial charge in [-0.15, -0.1) is 0 Å². The number of hydrogen-bond donors (Lipinski definition) is 2. The standard InChI is InChI=1S/C13H19O3P/c14-17(15,16)10-11-6-8-13(9-7-11)12-4-2-1-3-5-12/h1-5,11,13H,6-10H2,(H2,14,15,16). The summed E-state index contributed by atoms with van der Waals surface area (Å²) in [7, 11) is -3.83. The predicted molar refractivity (Wildman–Crippen MR) is 68.1 cm³/mol. The van der Waals surface area contributed by atoms with Crippen molar-refractivity contribution in [2.24, 2.45) is 5.92 Å². The first kappa shape index (κ1) is 12.8. The van der Waals surface area contributed by atoms with Gasteiger partial charge in [0.05, 0.1) is 6.16 Å². The summed E-state index contributed by atoms with van der Waals surface area (Å²) in [6, 6.07) is 10.4. The van der Waals surface area contributed by atoms with Crippen molar-refractivity contribution in [2.75, 3.05) is 6.16 Å². The van der Waals surface area contributed by atoms with E-state index in [9.17, 15) is 4.57 Å². The van der Waals surface area contributed by atoms with E-state index < -0.39 is 7.60 Å². The lowest BCUT2D eigenvalue weighted by Crippen LogP contribution is -2.16. The molecule has 3 nitrogen and oxygen atoms in total. The highest BCUT2D eigenvalue weighted by molar-refractivity contribution is 7.51. The fourth-order valence-electron chi connectivity index (χ4n) is 2.74. The van der Waals surface area contributed by atoms with Crippen LogP contribution in [-0.4, -0.2) is 15.9 Å². The molecule has 0 atom stereocenters. The van der Waals surface area contributed by atoms with Gasteiger partial charge in [0.15, 0.2) is 0 Å². The average Bonchev–Trinajstić information content (AvgIpc) is 2.29. The molecule has 0 bridgehead atoms. The molecule has 1 aromatic carbocycles. The van der Waals surface area contributed by atoms with E-state index in [-0.39, 0.29) is 12.1 Å². The van der Waals surface area contributed by atoms with Crippen LogP contribution in [0, 0.1) is 5.92 Å². The molecule has 1 aliphatic rings. The molecule has 0 aromatic heterocycles. The van der Waals surface area contributed by atoms with E-state index in [0.29, 0.717) is 5.92 Å². The Kier molecular flexibility index (Phi) is 4.03. The zero-order valence-electron chi connectivity index (χ0n) is 9.83.